The van der Waals surface area contributed by atoms with Crippen LogP contribution in [0.1, 0.15) is 57.1 Å². The fourth-order valence-corrected chi connectivity index (χ4v) is 8.99. The minimum Gasteiger partial charge on any atom is -0.492 e. The normalized spacial score (nSPS) is 13.8. The number of methoxy groups -OCH3 is 1. The van der Waals surface area contributed by atoms with Crippen LogP contribution in [-0.4, -0.2) is 93.1 Å². The van der Waals surface area contributed by atoms with Gasteiger partial charge >= 0.3 is 18.2 Å². The standard InChI is InChI=1S/C53H53N5O13S/c1-33(2)47(56-52(62)69-31-35-16-10-6-11-17-35)49(59)54-22-23-67-38-20-21-42-37(24-38)25-43(55-42)50(60)57-29-39(71-72(4,64)65)26-40-41-27-45(51(61)66-3)58(53(63)70-32-36-18-12-7-13-19-36)48(41)46(28-44(40)57)68-30-34-14-8-5-9-15-34/h5-21,24-25,27-28,33,39,47,55H,22-23,26,29-32H2,1-4H3,(H,54,59)(H,56,62)/t39-,47-/m0/s1. The number of anilines is 1. The lowest BCUT2D eigenvalue weighted by molar-refractivity contribution is -0.124. The second-order valence-electron chi connectivity index (χ2n) is 17.3. The molecule has 374 valence electrons. The molecular weight excluding hydrogens is 947 g/mol. The van der Waals surface area contributed by atoms with Gasteiger partial charge in [-0.3, -0.25) is 13.8 Å². The van der Waals surface area contributed by atoms with E-state index in [2.05, 4.69) is 15.6 Å². The van der Waals surface area contributed by atoms with Gasteiger partial charge in [0.2, 0.25) is 5.91 Å². The van der Waals surface area contributed by atoms with Gasteiger partial charge in [0.25, 0.3) is 16.0 Å². The average Bonchev–Trinajstić information content (AvgIpc) is 4.00. The number of fused-ring (bicyclic) bond motifs is 4. The number of aromatic nitrogens is 2. The molecule has 1 aliphatic heterocycles. The van der Waals surface area contributed by atoms with Gasteiger partial charge in [0.1, 0.15) is 60.9 Å². The number of ether oxygens (including phenoxy) is 5. The van der Waals surface area contributed by atoms with Crippen molar-refractivity contribution in [1.82, 2.24) is 20.2 Å². The highest BCUT2D eigenvalue weighted by Gasteiger charge is 2.37. The molecule has 0 spiro atoms. The van der Waals surface area contributed by atoms with E-state index in [1.807, 2.05) is 66.7 Å². The summed E-state index contributed by atoms with van der Waals surface area (Å²) in [6.45, 7) is 3.57. The number of rotatable bonds is 18. The highest BCUT2D eigenvalue weighted by Crippen LogP contribution is 2.43. The van der Waals surface area contributed by atoms with E-state index >= 15 is 0 Å². The maximum Gasteiger partial charge on any atom is 0.419 e. The SMILES string of the molecule is COC(=O)c1cc2c3c(cc(OCc4ccccc4)c2n1C(=O)OCc1ccccc1)N(C(=O)c1cc2cc(OCCNC(=O)[C@@H](NC(=O)OCc4ccccc4)C(C)C)ccc2[nH]1)C[C@@H](OS(C)(=O)=O)C3. The number of hydrogen-bond donors (Lipinski definition) is 3. The number of amides is 3. The predicted molar refractivity (Wildman–Crippen MR) is 266 cm³/mol. The van der Waals surface area contributed by atoms with Crippen molar-refractivity contribution < 1.29 is 60.3 Å². The maximum atomic E-state index is 14.8. The number of aromatic amines is 1. The first-order chi connectivity index (χ1) is 34.6. The quantitative estimate of drug-likeness (QED) is 0.0325. The van der Waals surface area contributed by atoms with Gasteiger partial charge in [-0.15, -0.1) is 0 Å². The topological polar surface area (TPSA) is 223 Å². The van der Waals surface area contributed by atoms with Crippen molar-refractivity contribution in [3.05, 3.63) is 161 Å². The second-order valence-corrected chi connectivity index (χ2v) is 18.9. The van der Waals surface area contributed by atoms with E-state index in [-0.39, 0.29) is 74.5 Å². The highest BCUT2D eigenvalue weighted by molar-refractivity contribution is 7.86. The van der Waals surface area contributed by atoms with Crippen molar-refractivity contribution in [3.63, 3.8) is 0 Å². The van der Waals surface area contributed by atoms with Crippen LogP contribution in [0.5, 0.6) is 11.5 Å². The summed E-state index contributed by atoms with van der Waals surface area (Å²) in [5.41, 5.74) is 3.66. The van der Waals surface area contributed by atoms with Crippen LogP contribution >= 0.6 is 0 Å². The third kappa shape index (κ3) is 12.0. The molecule has 0 saturated heterocycles. The van der Waals surface area contributed by atoms with Gasteiger partial charge in [-0.2, -0.15) is 8.42 Å². The van der Waals surface area contributed by atoms with Crippen LogP contribution < -0.4 is 25.0 Å². The summed E-state index contributed by atoms with van der Waals surface area (Å²) in [6, 6.07) is 36.4. The lowest BCUT2D eigenvalue weighted by Crippen LogP contribution is -2.50. The summed E-state index contributed by atoms with van der Waals surface area (Å²) in [6.07, 6.45) is -1.85. The molecule has 72 heavy (non-hydrogen) atoms. The first-order valence-electron chi connectivity index (χ1n) is 23.0. The lowest BCUT2D eigenvalue weighted by Gasteiger charge is -2.34. The van der Waals surface area contributed by atoms with Crippen molar-refractivity contribution in [1.29, 1.82) is 0 Å². The molecule has 0 unspecified atom stereocenters. The molecular formula is C53H53N5O13S. The molecule has 2 atom stereocenters. The number of nitrogens with zero attached hydrogens (tertiary/aromatic N) is 2. The molecule has 2 aromatic heterocycles. The van der Waals surface area contributed by atoms with E-state index in [9.17, 15) is 32.4 Å². The molecule has 1 aliphatic rings. The monoisotopic (exact) mass is 999 g/mol. The van der Waals surface area contributed by atoms with E-state index in [0.29, 0.717) is 38.9 Å². The third-order valence-corrected chi connectivity index (χ3v) is 12.4. The van der Waals surface area contributed by atoms with E-state index < -0.39 is 52.2 Å². The molecule has 8 rings (SSSR count). The number of alkyl carbamates (subject to hydrolysis) is 1. The van der Waals surface area contributed by atoms with E-state index in [4.69, 9.17) is 27.9 Å². The Kier molecular flexibility index (Phi) is 15.5. The van der Waals surface area contributed by atoms with E-state index in [0.717, 1.165) is 21.9 Å². The fraction of sp³-hybridized carbons (Fsp3) is 0.264. The van der Waals surface area contributed by atoms with Crippen LogP contribution in [-0.2, 0) is 59.5 Å². The molecule has 0 aliphatic carbocycles. The minimum absolute atomic E-state index is 0.0285. The molecule has 18 nitrogen and oxygen atoms in total. The van der Waals surface area contributed by atoms with Crippen molar-refractivity contribution in [2.45, 2.75) is 52.2 Å². The zero-order valence-electron chi connectivity index (χ0n) is 39.9. The largest absolute Gasteiger partial charge is 0.492 e. The Labute approximate surface area is 415 Å². The van der Waals surface area contributed by atoms with Crippen molar-refractivity contribution in [2.24, 2.45) is 5.92 Å². The first-order valence-corrected chi connectivity index (χ1v) is 24.9. The Hall–Kier alpha value is -8.16. The van der Waals surface area contributed by atoms with Crippen LogP contribution in [0.3, 0.4) is 0 Å². The molecule has 19 heteroatoms. The predicted octanol–water partition coefficient (Wildman–Crippen LogP) is 7.67. The lowest BCUT2D eigenvalue weighted by atomic mass is 9.95. The Balaban J connectivity index is 1.05. The zero-order valence-corrected chi connectivity index (χ0v) is 40.7. The molecule has 0 saturated carbocycles. The van der Waals surface area contributed by atoms with Crippen molar-refractivity contribution in [3.8, 4) is 11.5 Å². The number of nitrogens with one attached hydrogen (secondary N) is 3. The van der Waals surface area contributed by atoms with Crippen LogP contribution in [0.25, 0.3) is 21.8 Å². The van der Waals surface area contributed by atoms with Crippen molar-refractivity contribution >= 4 is 67.6 Å². The summed E-state index contributed by atoms with van der Waals surface area (Å²) in [4.78, 5) is 72.7. The number of hydrogen-bond acceptors (Lipinski definition) is 13. The minimum atomic E-state index is -4.06. The van der Waals surface area contributed by atoms with Gasteiger partial charge in [0.05, 0.1) is 38.2 Å². The smallest absolute Gasteiger partial charge is 0.419 e. The number of carbonyl (C=O) groups excluding carboxylic acids is 5. The van der Waals surface area contributed by atoms with Gasteiger partial charge in [-0.25, -0.2) is 19.0 Å². The number of esters is 1. The zero-order chi connectivity index (χ0) is 50.9. The van der Waals surface area contributed by atoms with E-state index in [1.54, 1.807) is 68.4 Å². The van der Waals surface area contributed by atoms with Gasteiger partial charge in [0.15, 0.2) is 0 Å². The Morgan fingerprint density at radius 3 is 2.04 bits per heavy atom. The molecule has 0 fully saturated rings. The molecule has 3 heterocycles. The number of benzene rings is 5. The molecule has 3 N–H and O–H groups in total. The summed E-state index contributed by atoms with van der Waals surface area (Å²) in [5, 5.41) is 6.34. The first kappa shape index (κ1) is 50.2. The molecule has 7 aromatic rings. The Morgan fingerprint density at radius 2 is 1.42 bits per heavy atom. The third-order valence-electron chi connectivity index (χ3n) is 11.7. The summed E-state index contributed by atoms with van der Waals surface area (Å²) in [7, 11) is -2.88. The van der Waals surface area contributed by atoms with Gasteiger partial charge in [-0.1, -0.05) is 105 Å². The second kappa shape index (κ2) is 22.3. The Morgan fingerprint density at radius 1 is 0.778 bits per heavy atom. The average molecular weight is 1000 g/mol. The fourth-order valence-electron chi connectivity index (χ4n) is 8.37. The van der Waals surface area contributed by atoms with Crippen molar-refractivity contribution in [2.75, 3.05) is 38.0 Å². The molecule has 0 bridgehead atoms. The van der Waals surface area contributed by atoms with Gasteiger partial charge < -0.3 is 44.2 Å². The summed E-state index contributed by atoms with van der Waals surface area (Å²) >= 11 is 0. The molecule has 5 aromatic carbocycles. The van der Waals surface area contributed by atoms with Gasteiger partial charge in [-0.05, 0) is 58.5 Å². The Bertz CT molecular complexity index is 3210. The van der Waals surface area contributed by atoms with Crippen LogP contribution in [0.15, 0.2) is 127 Å². The number of carbonyl (C=O) groups is 5. The summed E-state index contributed by atoms with van der Waals surface area (Å²) in [5.74, 6) is -1.50. The van der Waals surface area contributed by atoms with Crippen LogP contribution in [0.4, 0.5) is 15.3 Å². The molecule has 0 radical (unpaired) electrons. The van der Waals surface area contributed by atoms with Crippen LogP contribution in [0.2, 0.25) is 0 Å². The van der Waals surface area contributed by atoms with Crippen LogP contribution in [0, 0.1) is 5.92 Å². The van der Waals surface area contributed by atoms with Gasteiger partial charge in [0, 0.05) is 28.8 Å². The maximum absolute atomic E-state index is 14.8. The highest BCUT2D eigenvalue weighted by atomic mass is 32.2. The number of H-pyrrole nitrogens is 1. The molecule has 3 amide bonds. The van der Waals surface area contributed by atoms with E-state index in [1.165, 1.54) is 18.1 Å². The summed E-state index contributed by atoms with van der Waals surface area (Å²) < 4.78 is 60.6.